The minimum Gasteiger partial charge on any atom is -0.481 e. The van der Waals surface area contributed by atoms with Gasteiger partial charge >= 0.3 is 36.1 Å². The zero-order valence-electron chi connectivity index (χ0n) is 38.0. The van der Waals surface area contributed by atoms with Gasteiger partial charge in [0.15, 0.2) is 23.6 Å². The highest BCUT2D eigenvalue weighted by atomic mass is 35.5. The summed E-state index contributed by atoms with van der Waals surface area (Å²) in [5.74, 6) is -5.93. The number of aliphatic hydroxyl groups is 2. The van der Waals surface area contributed by atoms with Crippen LogP contribution in [-0.4, -0.2) is 207 Å². The number of carbonyl (C=O) groups excluding carboxylic acids is 4. The van der Waals surface area contributed by atoms with E-state index in [1.807, 2.05) is 14.1 Å². The smallest absolute Gasteiger partial charge is 0.412 e. The van der Waals surface area contributed by atoms with E-state index in [-0.39, 0.29) is 11.4 Å². The van der Waals surface area contributed by atoms with Gasteiger partial charge in [-0.05, 0) is 38.4 Å². The number of hydrogen-bond acceptors (Lipinski definition) is 20. The summed E-state index contributed by atoms with van der Waals surface area (Å²) >= 11 is 11.8. The summed E-state index contributed by atoms with van der Waals surface area (Å²) in [6.07, 6.45) is 0.476. The molecule has 0 aromatic carbocycles. The van der Waals surface area contributed by atoms with E-state index in [9.17, 15) is 38.4 Å². The fraction of sp³-hybridized carbons (Fsp3) is 0.381. The van der Waals surface area contributed by atoms with Crippen molar-refractivity contribution >= 4 is 82.7 Å². The lowest BCUT2D eigenvalue weighted by Crippen LogP contribution is -2.48. The molecule has 1 unspecified atom stereocenters. The van der Waals surface area contributed by atoms with Crippen LogP contribution in [0.5, 0.6) is 0 Å². The van der Waals surface area contributed by atoms with Gasteiger partial charge in [-0.3, -0.25) is 29.1 Å². The number of halogens is 2. The molecule has 4 aliphatic rings. The van der Waals surface area contributed by atoms with Crippen molar-refractivity contribution in [2.45, 2.75) is 37.5 Å². The average molecular weight is 1050 g/mol. The Labute approximate surface area is 417 Å². The molecule has 2 saturated heterocycles. The predicted molar refractivity (Wildman–Crippen MR) is 245 cm³/mol. The molecule has 384 valence electrons. The van der Waals surface area contributed by atoms with Crippen LogP contribution in [0.3, 0.4) is 0 Å². The predicted octanol–water partition coefficient (Wildman–Crippen LogP) is 0.949. The van der Waals surface area contributed by atoms with Gasteiger partial charge in [-0.15, -0.1) is 0 Å². The first kappa shape index (κ1) is 55.2. The fourth-order valence-electron chi connectivity index (χ4n) is 6.58. The average Bonchev–Trinajstić information content (AvgIpc) is 3.78. The van der Waals surface area contributed by atoms with Crippen LogP contribution in [0, 0.1) is 0 Å². The van der Waals surface area contributed by atoms with Crippen molar-refractivity contribution in [1.29, 1.82) is 0 Å². The van der Waals surface area contributed by atoms with Crippen molar-refractivity contribution in [2.75, 3.05) is 76.3 Å². The Morgan fingerprint density at radius 1 is 0.556 bits per heavy atom. The van der Waals surface area contributed by atoms with Crippen LogP contribution >= 0.6 is 23.2 Å². The molecular formula is C42H46Cl2N12O16. The van der Waals surface area contributed by atoms with E-state index in [4.69, 9.17) is 63.3 Å². The Morgan fingerprint density at radius 3 is 1.17 bits per heavy atom. The normalized spacial score (nSPS) is 18.1. The highest BCUT2D eigenvalue weighted by molar-refractivity contribution is 6.30. The molecule has 0 bridgehead atoms. The van der Waals surface area contributed by atoms with Gasteiger partial charge in [0.1, 0.15) is 23.0 Å². The molecule has 0 radical (unpaired) electrons. The lowest BCUT2D eigenvalue weighted by Gasteiger charge is -2.33. The van der Waals surface area contributed by atoms with Crippen LogP contribution < -0.4 is 9.80 Å². The van der Waals surface area contributed by atoms with Crippen molar-refractivity contribution in [2.24, 2.45) is 0 Å². The summed E-state index contributed by atoms with van der Waals surface area (Å²) in [5, 5.41) is 49.2. The third-order valence-electron chi connectivity index (χ3n) is 10.4. The standard InChI is InChI=1S/2C17H17ClN6O3.2C4H6O5/c2*1-22-6-8-23(9-7-22)17(26)27-16-14-13(19-4-5-20-14)15(25)24(16)12-3-2-11(18)10-21-12;2*5-2(4(8)9)1-3(6)7/h2*2-5,10,16H,6-9H2,1H3;2*2,5H,1H2,(H,6,7)(H,8,9)/t2*16-;2-;/m000./s1. The van der Waals surface area contributed by atoms with Crippen molar-refractivity contribution < 1.29 is 78.5 Å². The molecule has 8 rings (SSSR count). The van der Waals surface area contributed by atoms with E-state index in [0.29, 0.717) is 59.2 Å². The molecule has 4 aromatic rings. The van der Waals surface area contributed by atoms with Crippen LogP contribution in [0.25, 0.3) is 0 Å². The first-order chi connectivity index (χ1) is 34.2. The van der Waals surface area contributed by atoms with Crippen molar-refractivity contribution in [3.63, 3.8) is 0 Å². The molecule has 8 heterocycles. The van der Waals surface area contributed by atoms with Gasteiger partial charge in [-0.2, -0.15) is 0 Å². The maximum Gasteiger partial charge on any atom is 0.412 e. The summed E-state index contributed by atoms with van der Waals surface area (Å²) in [4.78, 5) is 125. The number of anilines is 2. The summed E-state index contributed by atoms with van der Waals surface area (Å²) in [6, 6.07) is 6.40. The molecule has 0 aliphatic carbocycles. The van der Waals surface area contributed by atoms with E-state index in [0.717, 1.165) is 26.2 Å². The number of aliphatic carboxylic acids is 4. The largest absolute Gasteiger partial charge is 0.481 e. The number of pyridine rings is 2. The van der Waals surface area contributed by atoms with Gasteiger partial charge in [0.2, 0.25) is 12.5 Å². The first-order valence-electron chi connectivity index (χ1n) is 21.2. The second-order valence-electron chi connectivity index (χ2n) is 15.6. The summed E-state index contributed by atoms with van der Waals surface area (Å²) in [7, 11) is 4.00. The maximum absolute atomic E-state index is 12.8. The lowest BCUT2D eigenvalue weighted by molar-refractivity contribution is -0.153. The number of fused-ring (bicyclic) bond motifs is 2. The number of hydrogen-bond donors (Lipinski definition) is 6. The van der Waals surface area contributed by atoms with Gasteiger partial charge in [0.25, 0.3) is 11.8 Å². The molecule has 4 atom stereocenters. The van der Waals surface area contributed by atoms with Crippen LogP contribution in [0.15, 0.2) is 61.4 Å². The number of aliphatic hydroxyl groups excluding tert-OH is 2. The van der Waals surface area contributed by atoms with Gasteiger partial charge < -0.3 is 59.7 Å². The van der Waals surface area contributed by atoms with Crippen molar-refractivity contribution in [1.82, 2.24) is 49.5 Å². The number of amides is 4. The van der Waals surface area contributed by atoms with Gasteiger partial charge in [0.05, 0.1) is 22.9 Å². The quantitative estimate of drug-likeness (QED) is 0.129. The van der Waals surface area contributed by atoms with E-state index >= 15 is 0 Å². The summed E-state index contributed by atoms with van der Waals surface area (Å²) in [5.41, 5.74) is 0.874. The van der Waals surface area contributed by atoms with Crippen LogP contribution in [-0.2, 0) is 28.7 Å². The Bertz CT molecular complexity index is 2430. The second-order valence-corrected chi connectivity index (χ2v) is 16.4. The maximum atomic E-state index is 12.8. The topological polar surface area (TPSA) is 373 Å². The minimum absolute atomic E-state index is 0.144. The summed E-state index contributed by atoms with van der Waals surface area (Å²) in [6.45, 7) is 5.28. The lowest BCUT2D eigenvalue weighted by atomic mass is 10.3. The van der Waals surface area contributed by atoms with E-state index < -0.39 is 85.4 Å². The van der Waals surface area contributed by atoms with E-state index in [1.54, 1.807) is 34.1 Å². The molecule has 0 saturated carbocycles. The Morgan fingerprint density at radius 2 is 0.889 bits per heavy atom. The number of carboxylic acids is 4. The van der Waals surface area contributed by atoms with Gasteiger partial charge in [-0.25, -0.2) is 48.9 Å². The fourth-order valence-corrected chi connectivity index (χ4v) is 6.81. The zero-order chi connectivity index (χ0) is 52.8. The van der Waals surface area contributed by atoms with Crippen LogP contribution in [0.1, 0.15) is 57.7 Å². The number of ether oxygens (including phenoxy) is 2. The minimum atomic E-state index is -1.79. The number of aromatic nitrogens is 6. The molecule has 30 heteroatoms. The monoisotopic (exact) mass is 1040 g/mol. The highest BCUT2D eigenvalue weighted by Crippen LogP contribution is 2.37. The van der Waals surface area contributed by atoms with E-state index in [1.165, 1.54) is 47.0 Å². The van der Waals surface area contributed by atoms with Gasteiger partial charge in [0, 0.05) is 89.5 Å². The third-order valence-corrected chi connectivity index (χ3v) is 10.9. The molecule has 4 amide bonds. The number of rotatable bonds is 10. The number of carbonyl (C=O) groups is 8. The molecule has 6 N–H and O–H groups in total. The molecule has 2 fully saturated rings. The summed E-state index contributed by atoms with van der Waals surface area (Å²) < 4.78 is 11.4. The number of carboxylic acid groups (broad SMARTS) is 4. The highest BCUT2D eigenvalue weighted by Gasteiger charge is 2.46. The molecule has 4 aromatic heterocycles. The number of likely N-dealkylation sites (N-methyl/N-ethyl adjacent to an activating group) is 2. The van der Waals surface area contributed by atoms with Crippen molar-refractivity contribution in [3.05, 3.63) is 94.3 Å². The first-order valence-corrected chi connectivity index (χ1v) is 22.0. The second kappa shape index (κ2) is 25.4. The Hall–Kier alpha value is -7.76. The Balaban J connectivity index is 0.000000201. The van der Waals surface area contributed by atoms with Crippen LogP contribution in [0.2, 0.25) is 10.0 Å². The molecule has 0 spiro atoms. The number of piperazine rings is 2. The number of nitrogens with zero attached hydrogens (tertiary/aromatic N) is 12. The molecule has 28 nitrogen and oxygen atoms in total. The van der Waals surface area contributed by atoms with Crippen molar-refractivity contribution in [3.8, 4) is 0 Å². The molecule has 72 heavy (non-hydrogen) atoms. The SMILES string of the molecule is CN1CCN(C(=O)O[C@H]2c3nccnc3C(=O)N2c2ccc(Cl)cn2)CC1.CN1CCN(C(=O)O[C@H]2c3nccnc3C(=O)N2c2ccc(Cl)cn2)CC1.O=C(O)CC(O)C(=O)O.O=C(O)C[C@H](O)C(=O)O. The molecule has 4 aliphatic heterocycles. The zero-order valence-corrected chi connectivity index (χ0v) is 39.6. The van der Waals surface area contributed by atoms with E-state index in [2.05, 4.69) is 39.7 Å². The third kappa shape index (κ3) is 14.6. The van der Waals surface area contributed by atoms with Gasteiger partial charge in [-0.1, -0.05) is 23.2 Å². The molecular weight excluding hydrogens is 999 g/mol. The van der Waals surface area contributed by atoms with Crippen LogP contribution in [0.4, 0.5) is 21.2 Å². The Kier molecular flexibility index (Phi) is 19.5.